The fourth-order valence-electron chi connectivity index (χ4n) is 6.16. The molecular weight excluding hydrogens is 330 g/mol. The third kappa shape index (κ3) is 2.68. The summed E-state index contributed by atoms with van der Waals surface area (Å²) in [5.74, 6) is 1.98. The molecule has 1 aromatic carbocycles. The second-order valence-corrected chi connectivity index (χ2v) is 8.63. The van der Waals surface area contributed by atoms with Gasteiger partial charge in [0.25, 0.3) is 0 Å². The number of phenolic OH excluding ortho intramolecular Hbond substituents is 1. The number of rotatable bonds is 2. The highest BCUT2D eigenvalue weighted by Gasteiger charge is 2.55. The van der Waals surface area contributed by atoms with E-state index in [1.807, 2.05) is 6.07 Å². The van der Waals surface area contributed by atoms with Crippen LogP contribution in [-0.4, -0.2) is 36.1 Å². The van der Waals surface area contributed by atoms with Crippen LogP contribution in [0.4, 0.5) is 4.79 Å². The summed E-state index contributed by atoms with van der Waals surface area (Å²) >= 11 is 0. The quantitative estimate of drug-likeness (QED) is 0.755. The second kappa shape index (κ2) is 6.45. The van der Waals surface area contributed by atoms with Gasteiger partial charge >= 0.3 is 6.09 Å². The highest BCUT2D eigenvalue weighted by atomic mass is 16.5. The van der Waals surface area contributed by atoms with Crippen molar-refractivity contribution in [1.82, 2.24) is 5.32 Å². The molecule has 5 nitrogen and oxygen atoms in total. The van der Waals surface area contributed by atoms with Gasteiger partial charge in [0.2, 0.25) is 0 Å². The molecule has 3 N–H and O–H groups in total. The number of alkyl carbamates (subject to hydrolysis) is 1. The SMILES string of the molecule is COC(=O)NC[C@H]1C[C@@H]2[C@H](CC[C@]3(C)[C@@H](O)CC[C@@H]23)c2ccc(O)cc21. The van der Waals surface area contributed by atoms with Gasteiger partial charge in [-0.2, -0.15) is 0 Å². The van der Waals surface area contributed by atoms with Gasteiger partial charge in [-0.05, 0) is 78.5 Å². The Morgan fingerprint density at radius 1 is 1.31 bits per heavy atom. The molecule has 6 atom stereocenters. The molecule has 0 saturated heterocycles. The zero-order valence-corrected chi connectivity index (χ0v) is 15.6. The van der Waals surface area contributed by atoms with Gasteiger partial charge in [-0.1, -0.05) is 13.0 Å². The van der Waals surface area contributed by atoms with Gasteiger partial charge in [0, 0.05) is 12.5 Å². The molecule has 0 bridgehead atoms. The molecule has 0 radical (unpaired) electrons. The average Bonchev–Trinajstić information content (AvgIpc) is 2.94. The summed E-state index contributed by atoms with van der Waals surface area (Å²) in [5, 5.41) is 23.4. The Morgan fingerprint density at radius 3 is 2.88 bits per heavy atom. The minimum absolute atomic E-state index is 0.0237. The molecule has 4 rings (SSSR count). The lowest BCUT2D eigenvalue weighted by molar-refractivity contribution is -0.0249. The normalized spacial score (nSPS) is 38.0. The van der Waals surface area contributed by atoms with Gasteiger partial charge in [-0.25, -0.2) is 4.79 Å². The molecule has 0 spiro atoms. The summed E-state index contributed by atoms with van der Waals surface area (Å²) in [6.07, 6.45) is 4.51. The van der Waals surface area contributed by atoms with E-state index in [0.717, 1.165) is 37.7 Å². The standard InChI is InChI=1S/C21H29NO4/c1-21-8-7-15-14-4-3-13(23)10-16(14)12(11-22-20(25)26-2)9-17(15)18(21)5-6-19(21)24/h3-4,10,12,15,17-19,23-24H,5-9,11H2,1-2H3,(H,22,25)/t12-,15-,17-,18+,19+,21+/m1/s1. The van der Waals surface area contributed by atoms with Crippen LogP contribution in [0.25, 0.3) is 0 Å². The minimum Gasteiger partial charge on any atom is -0.508 e. The van der Waals surface area contributed by atoms with Crippen LogP contribution in [0, 0.1) is 17.3 Å². The monoisotopic (exact) mass is 359 g/mol. The summed E-state index contributed by atoms with van der Waals surface area (Å²) in [5.41, 5.74) is 2.50. The lowest BCUT2D eigenvalue weighted by Crippen LogP contribution is -2.45. The van der Waals surface area contributed by atoms with E-state index in [1.54, 1.807) is 6.07 Å². The zero-order valence-electron chi connectivity index (χ0n) is 15.6. The van der Waals surface area contributed by atoms with Crippen molar-refractivity contribution >= 4 is 6.09 Å². The van der Waals surface area contributed by atoms with Crippen molar-refractivity contribution < 1.29 is 19.7 Å². The Bertz CT molecular complexity index is 705. The smallest absolute Gasteiger partial charge is 0.406 e. The topological polar surface area (TPSA) is 78.8 Å². The maximum atomic E-state index is 11.6. The Hall–Kier alpha value is -1.75. The Labute approximate surface area is 154 Å². The highest BCUT2D eigenvalue weighted by molar-refractivity contribution is 5.67. The van der Waals surface area contributed by atoms with Crippen molar-refractivity contribution in [3.8, 4) is 5.75 Å². The van der Waals surface area contributed by atoms with Crippen LogP contribution in [0.2, 0.25) is 0 Å². The molecule has 2 fully saturated rings. The molecule has 1 amide bonds. The van der Waals surface area contributed by atoms with E-state index >= 15 is 0 Å². The number of methoxy groups -OCH3 is 1. The maximum absolute atomic E-state index is 11.6. The molecule has 0 aromatic heterocycles. The number of aliphatic hydroxyl groups excluding tert-OH is 1. The third-order valence-corrected chi connectivity index (χ3v) is 7.53. The number of phenols is 1. The summed E-state index contributed by atoms with van der Waals surface area (Å²) in [6.45, 7) is 2.78. The first-order valence-electron chi connectivity index (χ1n) is 9.76. The minimum atomic E-state index is -0.418. The van der Waals surface area contributed by atoms with Crippen LogP contribution in [0.3, 0.4) is 0 Å². The number of aromatic hydroxyl groups is 1. The number of amides is 1. The van der Waals surface area contributed by atoms with Gasteiger partial charge in [0.1, 0.15) is 5.75 Å². The van der Waals surface area contributed by atoms with E-state index in [-0.39, 0.29) is 23.2 Å². The Kier molecular flexibility index (Phi) is 4.38. The van der Waals surface area contributed by atoms with Gasteiger partial charge in [0.15, 0.2) is 0 Å². The molecular formula is C21H29NO4. The van der Waals surface area contributed by atoms with Gasteiger partial charge in [-0.15, -0.1) is 0 Å². The first-order valence-corrected chi connectivity index (χ1v) is 9.76. The van der Waals surface area contributed by atoms with Crippen molar-refractivity contribution in [3.05, 3.63) is 29.3 Å². The van der Waals surface area contributed by atoms with Crippen LogP contribution in [-0.2, 0) is 4.74 Å². The van der Waals surface area contributed by atoms with Crippen molar-refractivity contribution in [2.75, 3.05) is 13.7 Å². The number of hydrogen-bond acceptors (Lipinski definition) is 4. The Morgan fingerprint density at radius 2 is 2.12 bits per heavy atom. The largest absolute Gasteiger partial charge is 0.508 e. The van der Waals surface area contributed by atoms with Crippen LogP contribution < -0.4 is 5.32 Å². The van der Waals surface area contributed by atoms with Crippen LogP contribution in [0.5, 0.6) is 5.75 Å². The van der Waals surface area contributed by atoms with Gasteiger partial charge < -0.3 is 20.3 Å². The number of nitrogens with one attached hydrogen (secondary N) is 1. The Balaban J connectivity index is 1.67. The van der Waals surface area contributed by atoms with Crippen molar-refractivity contribution in [1.29, 1.82) is 0 Å². The van der Waals surface area contributed by atoms with Gasteiger partial charge in [-0.3, -0.25) is 0 Å². The zero-order chi connectivity index (χ0) is 18.5. The molecule has 0 aliphatic heterocycles. The first kappa shape index (κ1) is 17.7. The third-order valence-electron chi connectivity index (χ3n) is 7.53. The fourth-order valence-corrected chi connectivity index (χ4v) is 6.16. The molecule has 0 heterocycles. The van der Waals surface area contributed by atoms with E-state index in [1.165, 1.54) is 12.7 Å². The number of fused-ring (bicyclic) bond motifs is 5. The molecule has 1 aromatic rings. The lowest BCUT2D eigenvalue weighted by Gasteiger charge is -2.51. The average molecular weight is 359 g/mol. The van der Waals surface area contributed by atoms with E-state index < -0.39 is 6.09 Å². The van der Waals surface area contributed by atoms with Crippen LogP contribution in [0.1, 0.15) is 62.0 Å². The number of hydrogen-bond donors (Lipinski definition) is 3. The number of aliphatic hydroxyl groups is 1. The summed E-state index contributed by atoms with van der Waals surface area (Å²) in [6, 6.07) is 5.72. The predicted octanol–water partition coefficient (Wildman–Crippen LogP) is 3.51. The van der Waals surface area contributed by atoms with E-state index in [9.17, 15) is 15.0 Å². The van der Waals surface area contributed by atoms with Gasteiger partial charge in [0.05, 0.1) is 13.2 Å². The van der Waals surface area contributed by atoms with E-state index in [0.29, 0.717) is 24.3 Å². The number of benzene rings is 1. The molecule has 26 heavy (non-hydrogen) atoms. The van der Waals surface area contributed by atoms with Crippen LogP contribution in [0.15, 0.2) is 18.2 Å². The number of carbonyl (C=O) groups is 1. The van der Waals surface area contributed by atoms with Crippen molar-refractivity contribution in [2.45, 2.75) is 57.0 Å². The first-order chi connectivity index (χ1) is 12.4. The number of carbonyl (C=O) groups excluding carboxylic acids is 1. The lowest BCUT2D eigenvalue weighted by atomic mass is 9.54. The second-order valence-electron chi connectivity index (χ2n) is 8.63. The summed E-state index contributed by atoms with van der Waals surface area (Å²) < 4.78 is 4.73. The van der Waals surface area contributed by atoms with Crippen LogP contribution >= 0.6 is 0 Å². The molecule has 5 heteroatoms. The molecule has 0 unspecified atom stereocenters. The molecule has 142 valence electrons. The maximum Gasteiger partial charge on any atom is 0.406 e. The summed E-state index contributed by atoms with van der Waals surface area (Å²) in [7, 11) is 1.37. The molecule has 2 saturated carbocycles. The highest BCUT2D eigenvalue weighted by Crippen LogP contribution is 2.62. The van der Waals surface area contributed by atoms with Crippen molar-refractivity contribution in [2.24, 2.45) is 17.3 Å². The number of ether oxygens (including phenoxy) is 1. The molecule has 3 aliphatic carbocycles. The van der Waals surface area contributed by atoms with E-state index in [4.69, 9.17) is 4.74 Å². The fraction of sp³-hybridized carbons (Fsp3) is 0.667. The summed E-state index contributed by atoms with van der Waals surface area (Å²) in [4.78, 5) is 11.6. The predicted molar refractivity (Wildman–Crippen MR) is 98.2 cm³/mol. The van der Waals surface area contributed by atoms with Crippen molar-refractivity contribution in [3.63, 3.8) is 0 Å². The molecule has 3 aliphatic rings. The van der Waals surface area contributed by atoms with E-state index in [2.05, 4.69) is 18.3 Å².